The van der Waals surface area contributed by atoms with Gasteiger partial charge >= 0.3 is 5.97 Å². The van der Waals surface area contributed by atoms with Gasteiger partial charge in [0.15, 0.2) is 0 Å². The number of piperazine rings is 1. The second kappa shape index (κ2) is 13.1. The van der Waals surface area contributed by atoms with Crippen molar-refractivity contribution in [1.29, 1.82) is 0 Å². The number of hydrogen-bond donors (Lipinski definition) is 3. The number of carbonyl (C=O) groups is 3. The predicted octanol–water partition coefficient (Wildman–Crippen LogP) is 1.96. The van der Waals surface area contributed by atoms with Gasteiger partial charge in [0.25, 0.3) is 5.91 Å². The number of nitrogens with two attached hydrogens (primary N) is 1. The summed E-state index contributed by atoms with van der Waals surface area (Å²) in [6.45, 7) is 8.62. The molecule has 2 aromatic rings. The Labute approximate surface area is 210 Å². The van der Waals surface area contributed by atoms with E-state index in [1.807, 2.05) is 33.2 Å². The van der Waals surface area contributed by atoms with Crippen LogP contribution in [-0.4, -0.2) is 88.1 Å². The standard InChI is InChI=1S/C15H18N4O3S.C9H16N2O/c1-10-12(15(21)22)11-4-3-5-16-19(11)13(10)14(20)17-6-8-18(23-2)9-7-17;1-7(4-8(2)11-3)9(5-10)6-12/h3-5H,6-9H2,1-2H3,(H,21,22);4,6,11H,5,10H2,1-3H3/b;8-4-,9-7-. The van der Waals surface area contributed by atoms with Crippen molar-refractivity contribution in [2.24, 2.45) is 5.73 Å². The zero-order chi connectivity index (χ0) is 26.1. The maximum absolute atomic E-state index is 12.9. The van der Waals surface area contributed by atoms with Crippen LogP contribution < -0.4 is 11.1 Å². The SMILES string of the molecule is CN/C(C)=C\C(C)=C(/C=O)CN.CSN1CCN(C(=O)c2c(C)c(C(=O)O)c3cccnn23)CC1. The lowest BCUT2D eigenvalue weighted by Crippen LogP contribution is -2.46. The zero-order valence-electron chi connectivity index (χ0n) is 20.9. The van der Waals surface area contributed by atoms with Crippen molar-refractivity contribution in [3.8, 4) is 0 Å². The van der Waals surface area contributed by atoms with Gasteiger partial charge < -0.3 is 21.1 Å². The third-order valence-electron chi connectivity index (χ3n) is 5.85. The Hall–Kier alpha value is -3.15. The molecule has 1 saturated heterocycles. The van der Waals surface area contributed by atoms with Gasteiger partial charge in [0.05, 0.1) is 11.1 Å². The minimum atomic E-state index is -1.04. The van der Waals surface area contributed by atoms with E-state index in [1.165, 1.54) is 4.52 Å². The van der Waals surface area contributed by atoms with Crippen molar-refractivity contribution in [2.45, 2.75) is 20.8 Å². The Kier molecular flexibility index (Phi) is 10.5. The second-order valence-electron chi connectivity index (χ2n) is 7.99. The number of carbonyl (C=O) groups excluding carboxylic acids is 2. The number of hydrogen-bond acceptors (Lipinski definition) is 8. The molecule has 0 bridgehead atoms. The summed E-state index contributed by atoms with van der Waals surface area (Å²) in [6, 6.07) is 3.35. The van der Waals surface area contributed by atoms with Crippen LogP contribution in [0.5, 0.6) is 0 Å². The fourth-order valence-electron chi connectivity index (χ4n) is 3.75. The lowest BCUT2D eigenvalue weighted by molar-refractivity contribution is -0.104. The fourth-order valence-corrected chi connectivity index (χ4v) is 4.27. The molecule has 0 unspecified atom stereocenters. The Balaban J connectivity index is 0.000000307. The molecule has 1 fully saturated rings. The minimum absolute atomic E-state index is 0.143. The maximum Gasteiger partial charge on any atom is 0.338 e. The molecule has 1 aliphatic heterocycles. The molecule has 0 radical (unpaired) electrons. The van der Waals surface area contributed by atoms with Crippen LogP contribution in [0.2, 0.25) is 0 Å². The highest BCUT2D eigenvalue weighted by Crippen LogP contribution is 2.24. The van der Waals surface area contributed by atoms with E-state index in [1.54, 1.807) is 42.1 Å². The van der Waals surface area contributed by atoms with Crippen LogP contribution in [-0.2, 0) is 4.79 Å². The first-order chi connectivity index (χ1) is 16.7. The number of aromatic carboxylic acids is 1. The van der Waals surface area contributed by atoms with E-state index in [2.05, 4.69) is 14.7 Å². The molecule has 0 spiro atoms. The number of carboxylic acids is 1. The summed E-state index contributed by atoms with van der Waals surface area (Å²) in [5.41, 5.74) is 9.34. The van der Waals surface area contributed by atoms with Gasteiger partial charge in [-0.25, -0.2) is 13.6 Å². The summed E-state index contributed by atoms with van der Waals surface area (Å²) in [4.78, 5) is 36.7. The molecule has 3 heterocycles. The Bertz CT molecular complexity index is 1130. The van der Waals surface area contributed by atoms with Crippen molar-refractivity contribution in [3.05, 3.63) is 58.1 Å². The number of carboxylic acid groups (broad SMARTS) is 1. The summed E-state index contributed by atoms with van der Waals surface area (Å²) in [7, 11) is 1.84. The van der Waals surface area contributed by atoms with Crippen molar-refractivity contribution in [1.82, 2.24) is 24.1 Å². The molecular formula is C24H34N6O4S. The van der Waals surface area contributed by atoms with E-state index in [9.17, 15) is 19.5 Å². The monoisotopic (exact) mass is 502 g/mol. The van der Waals surface area contributed by atoms with E-state index in [0.29, 0.717) is 42.0 Å². The largest absolute Gasteiger partial charge is 0.478 e. The molecule has 2 aromatic heterocycles. The van der Waals surface area contributed by atoms with Gasteiger partial charge in [0, 0.05) is 57.2 Å². The summed E-state index contributed by atoms with van der Waals surface area (Å²) >= 11 is 1.67. The lowest BCUT2D eigenvalue weighted by Gasteiger charge is -2.33. The van der Waals surface area contributed by atoms with Crippen LogP contribution in [0, 0.1) is 6.92 Å². The molecule has 11 heteroatoms. The normalized spacial score (nSPS) is 15.3. The number of fused-ring (bicyclic) bond motifs is 1. The Morgan fingerprint density at radius 3 is 2.43 bits per heavy atom. The molecule has 10 nitrogen and oxygen atoms in total. The van der Waals surface area contributed by atoms with E-state index < -0.39 is 5.97 Å². The van der Waals surface area contributed by atoms with Crippen LogP contribution in [0.25, 0.3) is 5.52 Å². The molecule has 4 N–H and O–H groups in total. The van der Waals surface area contributed by atoms with Crippen molar-refractivity contribution >= 4 is 35.6 Å². The Morgan fingerprint density at radius 1 is 1.26 bits per heavy atom. The van der Waals surface area contributed by atoms with Crippen molar-refractivity contribution in [3.63, 3.8) is 0 Å². The summed E-state index contributed by atoms with van der Waals surface area (Å²) in [5.74, 6) is -1.20. The predicted molar refractivity (Wildman–Crippen MR) is 139 cm³/mol. The minimum Gasteiger partial charge on any atom is -0.478 e. The molecule has 35 heavy (non-hydrogen) atoms. The highest BCUT2D eigenvalue weighted by molar-refractivity contribution is 7.96. The first-order valence-electron chi connectivity index (χ1n) is 11.2. The van der Waals surface area contributed by atoms with E-state index in [4.69, 9.17) is 5.73 Å². The first-order valence-corrected chi connectivity index (χ1v) is 12.4. The quantitative estimate of drug-likeness (QED) is 0.225. The average molecular weight is 503 g/mol. The number of aromatic nitrogens is 2. The van der Waals surface area contributed by atoms with E-state index in [-0.39, 0.29) is 11.5 Å². The molecule has 1 aliphatic rings. The molecule has 3 rings (SSSR count). The lowest BCUT2D eigenvalue weighted by atomic mass is 10.1. The molecule has 0 aromatic carbocycles. The molecule has 0 aliphatic carbocycles. The van der Waals surface area contributed by atoms with E-state index >= 15 is 0 Å². The summed E-state index contributed by atoms with van der Waals surface area (Å²) < 4.78 is 3.65. The number of rotatable bonds is 7. The maximum atomic E-state index is 12.9. The average Bonchev–Trinajstić information content (AvgIpc) is 3.16. The molecule has 1 amide bonds. The van der Waals surface area contributed by atoms with Gasteiger partial charge in [0.2, 0.25) is 0 Å². The Morgan fingerprint density at radius 2 is 1.91 bits per heavy atom. The molecule has 0 atom stereocenters. The van der Waals surface area contributed by atoms with Crippen LogP contribution in [0.1, 0.15) is 40.3 Å². The van der Waals surface area contributed by atoms with Crippen LogP contribution in [0.3, 0.4) is 0 Å². The van der Waals surface area contributed by atoms with Gasteiger partial charge in [0.1, 0.15) is 12.0 Å². The number of nitrogens with zero attached hydrogens (tertiary/aromatic N) is 4. The number of nitrogens with one attached hydrogen (secondary N) is 1. The van der Waals surface area contributed by atoms with Crippen molar-refractivity contribution in [2.75, 3.05) is 46.0 Å². The van der Waals surface area contributed by atoms with Crippen LogP contribution in [0.4, 0.5) is 0 Å². The summed E-state index contributed by atoms with van der Waals surface area (Å²) in [5, 5.41) is 16.6. The second-order valence-corrected chi connectivity index (χ2v) is 8.87. The molecule has 190 valence electrons. The fraction of sp³-hybridized carbons (Fsp3) is 0.417. The number of amides is 1. The van der Waals surface area contributed by atoms with Gasteiger partial charge in [-0.15, -0.1) is 0 Å². The first kappa shape index (κ1) is 28.1. The molecular weight excluding hydrogens is 468 g/mol. The number of allylic oxidation sites excluding steroid dienone is 3. The molecule has 0 saturated carbocycles. The van der Waals surface area contributed by atoms with Gasteiger partial charge in [-0.2, -0.15) is 5.10 Å². The van der Waals surface area contributed by atoms with Crippen LogP contribution >= 0.6 is 11.9 Å². The third kappa shape index (κ3) is 6.71. The van der Waals surface area contributed by atoms with Gasteiger partial charge in [-0.1, -0.05) is 11.9 Å². The third-order valence-corrected chi connectivity index (χ3v) is 6.73. The van der Waals surface area contributed by atoms with Gasteiger partial charge in [-0.05, 0) is 56.4 Å². The van der Waals surface area contributed by atoms with Crippen LogP contribution in [0.15, 0.2) is 41.2 Å². The highest BCUT2D eigenvalue weighted by atomic mass is 32.2. The van der Waals surface area contributed by atoms with Crippen molar-refractivity contribution < 1.29 is 19.5 Å². The topological polar surface area (TPSA) is 133 Å². The van der Waals surface area contributed by atoms with Gasteiger partial charge in [-0.3, -0.25) is 9.59 Å². The smallest absolute Gasteiger partial charge is 0.338 e. The number of aldehydes is 1. The highest BCUT2D eigenvalue weighted by Gasteiger charge is 2.29. The van der Waals surface area contributed by atoms with E-state index in [0.717, 1.165) is 30.6 Å². The summed E-state index contributed by atoms with van der Waals surface area (Å²) in [6.07, 6.45) is 6.27. The zero-order valence-corrected chi connectivity index (χ0v) is 21.7.